The molecule has 0 aromatic heterocycles. The van der Waals surface area contributed by atoms with Gasteiger partial charge < -0.3 is 4.90 Å². The summed E-state index contributed by atoms with van der Waals surface area (Å²) in [4.78, 5) is 2.21. The molecular weight excluding hydrogens is 182 g/mol. The zero-order valence-corrected chi connectivity index (χ0v) is 10.8. The van der Waals surface area contributed by atoms with E-state index in [1.54, 1.807) is 0 Å². The van der Waals surface area contributed by atoms with E-state index in [1.165, 1.54) is 16.8 Å². The fourth-order valence-corrected chi connectivity index (χ4v) is 1.80. The first-order chi connectivity index (χ1) is 6.93. The molecular formula is C14H23N. The van der Waals surface area contributed by atoms with Crippen LogP contribution < -0.4 is 4.90 Å². The second kappa shape index (κ2) is 4.69. The first-order valence-electron chi connectivity index (χ1n) is 5.74. The monoisotopic (exact) mass is 205 g/mol. The summed E-state index contributed by atoms with van der Waals surface area (Å²) in [6.07, 6.45) is 0. The summed E-state index contributed by atoms with van der Waals surface area (Å²) in [5.74, 6) is 1.19. The molecule has 1 nitrogen and oxygen atoms in total. The van der Waals surface area contributed by atoms with Gasteiger partial charge in [0.25, 0.3) is 0 Å². The minimum Gasteiger partial charge on any atom is -0.377 e. The van der Waals surface area contributed by atoms with Gasteiger partial charge in [-0.25, -0.2) is 0 Å². The summed E-state index contributed by atoms with van der Waals surface area (Å²) in [7, 11) is 4.23. The van der Waals surface area contributed by atoms with Gasteiger partial charge in [0, 0.05) is 19.8 Å². The molecule has 15 heavy (non-hydrogen) atoms. The van der Waals surface area contributed by atoms with E-state index < -0.39 is 0 Å². The Hall–Kier alpha value is -0.980. The summed E-state index contributed by atoms with van der Waals surface area (Å²) >= 11 is 0. The largest absolute Gasteiger partial charge is 0.377 e. The molecule has 0 spiro atoms. The molecule has 0 amide bonds. The lowest BCUT2D eigenvalue weighted by molar-refractivity contribution is 0.838. The molecule has 1 heteroatoms. The van der Waals surface area contributed by atoms with Crippen LogP contribution in [-0.4, -0.2) is 14.1 Å². The number of benzene rings is 1. The normalized spacial score (nSPS) is 11.2. The lowest BCUT2D eigenvalue weighted by Gasteiger charge is -2.21. The van der Waals surface area contributed by atoms with Gasteiger partial charge >= 0.3 is 0 Å². The maximum atomic E-state index is 2.32. The second-order valence-corrected chi connectivity index (χ2v) is 5.02. The Morgan fingerprint density at radius 1 is 0.933 bits per heavy atom. The van der Waals surface area contributed by atoms with Crippen molar-refractivity contribution in [3.63, 3.8) is 0 Å². The van der Waals surface area contributed by atoms with E-state index in [0.717, 1.165) is 0 Å². The molecule has 0 saturated heterocycles. The highest BCUT2D eigenvalue weighted by molar-refractivity contribution is 5.56. The van der Waals surface area contributed by atoms with Crippen molar-refractivity contribution in [2.24, 2.45) is 0 Å². The van der Waals surface area contributed by atoms with Crippen LogP contribution in [0.25, 0.3) is 0 Å². The molecule has 0 aliphatic rings. The third-order valence-corrected chi connectivity index (χ3v) is 2.82. The number of anilines is 1. The lowest BCUT2D eigenvalue weighted by atomic mass is 9.95. The van der Waals surface area contributed by atoms with E-state index >= 15 is 0 Å². The van der Waals surface area contributed by atoms with Gasteiger partial charge in [-0.05, 0) is 29.0 Å². The highest BCUT2D eigenvalue weighted by Crippen LogP contribution is 2.29. The first-order valence-corrected chi connectivity index (χ1v) is 5.74. The average Bonchev–Trinajstić information content (AvgIpc) is 2.16. The summed E-state index contributed by atoms with van der Waals surface area (Å²) < 4.78 is 0. The van der Waals surface area contributed by atoms with Crippen LogP contribution in [0.3, 0.4) is 0 Å². The van der Waals surface area contributed by atoms with Crippen LogP contribution >= 0.6 is 0 Å². The van der Waals surface area contributed by atoms with Crippen molar-refractivity contribution in [1.29, 1.82) is 0 Å². The fourth-order valence-electron chi connectivity index (χ4n) is 1.80. The van der Waals surface area contributed by atoms with Gasteiger partial charge in [0.05, 0.1) is 0 Å². The Kier molecular flexibility index (Phi) is 3.78. The van der Waals surface area contributed by atoms with Crippen molar-refractivity contribution in [3.8, 4) is 0 Å². The van der Waals surface area contributed by atoms with Crippen LogP contribution in [0.2, 0.25) is 0 Å². The SMILES string of the molecule is CC(C)c1ccc(C(C)C)c(N(C)C)c1. The topological polar surface area (TPSA) is 3.24 Å². The van der Waals surface area contributed by atoms with Crippen molar-refractivity contribution >= 4 is 5.69 Å². The number of hydrogen-bond donors (Lipinski definition) is 0. The van der Waals surface area contributed by atoms with Crippen molar-refractivity contribution in [2.75, 3.05) is 19.0 Å². The molecule has 0 aliphatic carbocycles. The Labute approximate surface area is 94.1 Å². The Balaban J connectivity index is 3.21. The highest BCUT2D eigenvalue weighted by Gasteiger charge is 2.10. The van der Waals surface area contributed by atoms with E-state index in [0.29, 0.717) is 11.8 Å². The van der Waals surface area contributed by atoms with E-state index in [9.17, 15) is 0 Å². The number of rotatable bonds is 3. The van der Waals surface area contributed by atoms with E-state index in [1.807, 2.05) is 0 Å². The third kappa shape index (κ3) is 2.74. The van der Waals surface area contributed by atoms with Crippen LogP contribution in [0, 0.1) is 0 Å². The predicted octanol–water partition coefficient (Wildman–Crippen LogP) is 4.00. The smallest absolute Gasteiger partial charge is 0.0399 e. The van der Waals surface area contributed by atoms with Crippen molar-refractivity contribution < 1.29 is 0 Å². The average molecular weight is 205 g/mol. The lowest BCUT2D eigenvalue weighted by Crippen LogP contribution is -2.12. The van der Waals surface area contributed by atoms with Crippen molar-refractivity contribution in [3.05, 3.63) is 29.3 Å². The van der Waals surface area contributed by atoms with Gasteiger partial charge in [0.2, 0.25) is 0 Å². The molecule has 0 radical (unpaired) electrons. The molecule has 1 rings (SSSR count). The van der Waals surface area contributed by atoms with Crippen LogP contribution in [0.4, 0.5) is 5.69 Å². The summed E-state index contributed by atoms with van der Waals surface area (Å²) in [5, 5.41) is 0. The number of nitrogens with zero attached hydrogens (tertiary/aromatic N) is 1. The Morgan fingerprint density at radius 3 is 1.93 bits per heavy atom. The van der Waals surface area contributed by atoms with Gasteiger partial charge in [0.1, 0.15) is 0 Å². The van der Waals surface area contributed by atoms with Gasteiger partial charge in [-0.15, -0.1) is 0 Å². The van der Waals surface area contributed by atoms with Gasteiger partial charge in [-0.3, -0.25) is 0 Å². The van der Waals surface area contributed by atoms with Crippen molar-refractivity contribution in [1.82, 2.24) is 0 Å². The van der Waals surface area contributed by atoms with Gasteiger partial charge in [0.15, 0.2) is 0 Å². The van der Waals surface area contributed by atoms with Crippen LogP contribution in [0.5, 0.6) is 0 Å². The zero-order valence-electron chi connectivity index (χ0n) is 10.8. The molecule has 0 aliphatic heterocycles. The molecule has 0 fully saturated rings. The molecule has 1 aromatic rings. The van der Waals surface area contributed by atoms with E-state index in [2.05, 4.69) is 64.9 Å². The van der Waals surface area contributed by atoms with E-state index in [4.69, 9.17) is 0 Å². The molecule has 0 heterocycles. The fraction of sp³-hybridized carbons (Fsp3) is 0.571. The minimum absolute atomic E-state index is 0.587. The molecule has 1 aromatic carbocycles. The Morgan fingerprint density at radius 2 is 1.53 bits per heavy atom. The molecule has 0 N–H and O–H groups in total. The summed E-state index contributed by atoms with van der Waals surface area (Å²) in [5.41, 5.74) is 4.21. The molecule has 84 valence electrons. The molecule has 0 unspecified atom stereocenters. The first kappa shape index (κ1) is 12.1. The standard InChI is InChI=1S/C14H23N/c1-10(2)12-7-8-13(11(3)4)14(9-12)15(5)6/h7-11H,1-6H3. The maximum absolute atomic E-state index is 2.32. The van der Waals surface area contributed by atoms with E-state index in [-0.39, 0.29) is 0 Å². The zero-order chi connectivity index (χ0) is 11.6. The second-order valence-electron chi connectivity index (χ2n) is 5.02. The summed E-state index contributed by atoms with van der Waals surface area (Å²) in [6.45, 7) is 8.97. The summed E-state index contributed by atoms with van der Waals surface area (Å²) in [6, 6.07) is 6.85. The Bertz CT molecular complexity index is 324. The number of hydrogen-bond acceptors (Lipinski definition) is 1. The third-order valence-electron chi connectivity index (χ3n) is 2.82. The van der Waals surface area contributed by atoms with Crippen LogP contribution in [-0.2, 0) is 0 Å². The van der Waals surface area contributed by atoms with Gasteiger partial charge in [-0.2, -0.15) is 0 Å². The molecule has 0 saturated carbocycles. The molecule has 0 bridgehead atoms. The van der Waals surface area contributed by atoms with Crippen molar-refractivity contribution in [2.45, 2.75) is 39.5 Å². The minimum atomic E-state index is 0.587. The quantitative estimate of drug-likeness (QED) is 0.721. The molecule has 0 atom stereocenters. The predicted molar refractivity (Wildman–Crippen MR) is 68.9 cm³/mol. The maximum Gasteiger partial charge on any atom is 0.0399 e. The van der Waals surface area contributed by atoms with Crippen LogP contribution in [0.15, 0.2) is 18.2 Å². The highest BCUT2D eigenvalue weighted by atomic mass is 15.1. The van der Waals surface area contributed by atoms with Crippen LogP contribution in [0.1, 0.15) is 50.7 Å². The van der Waals surface area contributed by atoms with Gasteiger partial charge in [-0.1, -0.05) is 39.8 Å².